The number of pyridine rings is 1. The summed E-state index contributed by atoms with van der Waals surface area (Å²) in [7, 11) is 0. The molecule has 0 aliphatic carbocycles. The van der Waals surface area contributed by atoms with Crippen molar-refractivity contribution in [3.8, 4) is 0 Å². The van der Waals surface area contributed by atoms with Gasteiger partial charge in [-0.15, -0.1) is 11.3 Å². The van der Waals surface area contributed by atoms with Gasteiger partial charge in [-0.25, -0.2) is 4.79 Å². The lowest BCUT2D eigenvalue weighted by atomic mass is 10.2. The number of hydrogen-bond donors (Lipinski definition) is 2. The number of hydrogen-bond acceptors (Lipinski definition) is 4. The Kier molecular flexibility index (Phi) is 3.69. The van der Waals surface area contributed by atoms with Gasteiger partial charge in [0.05, 0.1) is 0 Å². The summed E-state index contributed by atoms with van der Waals surface area (Å²) in [6, 6.07) is 5.46. The Labute approximate surface area is 107 Å². The van der Waals surface area contributed by atoms with Gasteiger partial charge in [0, 0.05) is 22.8 Å². The number of aliphatic carboxylic acids is 1. The normalized spacial score (nSPS) is 11.8. The number of thiophene rings is 1. The lowest BCUT2D eigenvalue weighted by Crippen LogP contribution is -2.33. The minimum atomic E-state index is -1.08. The SMILES string of the molecule is O=C(NC(C(=O)O)c1cccs1)c1ccncc1. The van der Waals surface area contributed by atoms with Crippen LogP contribution in [0.5, 0.6) is 0 Å². The molecule has 0 fully saturated rings. The van der Waals surface area contributed by atoms with E-state index in [-0.39, 0.29) is 0 Å². The van der Waals surface area contributed by atoms with Crippen molar-refractivity contribution in [3.05, 3.63) is 52.5 Å². The van der Waals surface area contributed by atoms with Gasteiger partial charge in [0.1, 0.15) is 0 Å². The van der Waals surface area contributed by atoms with Crippen LogP contribution in [0.3, 0.4) is 0 Å². The molecule has 0 aliphatic rings. The van der Waals surface area contributed by atoms with Gasteiger partial charge >= 0.3 is 5.97 Å². The molecule has 0 spiro atoms. The van der Waals surface area contributed by atoms with E-state index in [2.05, 4.69) is 10.3 Å². The summed E-state index contributed by atoms with van der Waals surface area (Å²) in [6.07, 6.45) is 2.96. The molecule has 6 heteroatoms. The maximum Gasteiger partial charge on any atom is 0.331 e. The highest BCUT2D eigenvalue weighted by Gasteiger charge is 2.23. The predicted octanol–water partition coefficient (Wildman–Crippen LogP) is 1.70. The summed E-state index contributed by atoms with van der Waals surface area (Å²) in [5.41, 5.74) is 0.382. The maximum absolute atomic E-state index is 11.9. The molecule has 1 unspecified atom stereocenters. The van der Waals surface area contributed by atoms with Crippen LogP contribution in [0, 0.1) is 0 Å². The summed E-state index contributed by atoms with van der Waals surface area (Å²) in [5.74, 6) is -1.52. The van der Waals surface area contributed by atoms with Crippen molar-refractivity contribution in [3.63, 3.8) is 0 Å². The summed E-state index contributed by atoms with van der Waals surface area (Å²) in [6.45, 7) is 0. The Hall–Kier alpha value is -2.21. The van der Waals surface area contributed by atoms with Crippen LogP contribution in [-0.4, -0.2) is 22.0 Å². The van der Waals surface area contributed by atoms with E-state index in [4.69, 9.17) is 5.11 Å². The number of carboxylic acid groups (broad SMARTS) is 1. The Morgan fingerprint density at radius 1 is 1.28 bits per heavy atom. The molecule has 2 rings (SSSR count). The summed E-state index contributed by atoms with van der Waals surface area (Å²) < 4.78 is 0. The van der Waals surface area contributed by atoms with Gasteiger partial charge in [0.2, 0.25) is 0 Å². The molecule has 2 aromatic heterocycles. The van der Waals surface area contributed by atoms with Crippen LogP contribution >= 0.6 is 11.3 Å². The number of carbonyl (C=O) groups excluding carboxylic acids is 1. The molecule has 0 saturated heterocycles. The first-order valence-electron chi connectivity index (χ1n) is 5.15. The first kappa shape index (κ1) is 12.3. The molecule has 5 nitrogen and oxygen atoms in total. The molecule has 2 heterocycles. The number of rotatable bonds is 4. The van der Waals surface area contributed by atoms with Crippen LogP contribution < -0.4 is 5.32 Å². The first-order valence-corrected chi connectivity index (χ1v) is 6.03. The van der Waals surface area contributed by atoms with Gasteiger partial charge in [-0.2, -0.15) is 0 Å². The van der Waals surface area contributed by atoms with Gasteiger partial charge in [-0.05, 0) is 23.6 Å². The lowest BCUT2D eigenvalue weighted by Gasteiger charge is -2.12. The molecule has 2 aromatic rings. The topological polar surface area (TPSA) is 79.3 Å². The zero-order valence-electron chi connectivity index (χ0n) is 9.24. The van der Waals surface area contributed by atoms with Crippen LogP contribution in [0.4, 0.5) is 0 Å². The standard InChI is InChI=1S/C12H10N2O3S/c15-11(8-3-5-13-6-4-8)14-10(12(16)17)9-2-1-7-18-9/h1-7,10H,(H,14,15)(H,16,17). The minimum Gasteiger partial charge on any atom is -0.479 e. The van der Waals surface area contributed by atoms with Crippen molar-refractivity contribution in [1.82, 2.24) is 10.3 Å². The number of carbonyl (C=O) groups is 2. The van der Waals surface area contributed by atoms with Crippen molar-refractivity contribution in [2.24, 2.45) is 0 Å². The van der Waals surface area contributed by atoms with Crippen molar-refractivity contribution in [1.29, 1.82) is 0 Å². The van der Waals surface area contributed by atoms with E-state index in [0.717, 1.165) is 0 Å². The van der Waals surface area contributed by atoms with Crippen LogP contribution in [0.15, 0.2) is 42.0 Å². The number of carboxylic acids is 1. The largest absolute Gasteiger partial charge is 0.479 e. The van der Waals surface area contributed by atoms with E-state index in [1.807, 2.05) is 0 Å². The quantitative estimate of drug-likeness (QED) is 0.879. The first-order chi connectivity index (χ1) is 8.68. The van der Waals surface area contributed by atoms with Crippen LogP contribution in [0.25, 0.3) is 0 Å². The average Bonchev–Trinajstić information content (AvgIpc) is 2.90. The number of aromatic nitrogens is 1. The minimum absolute atomic E-state index is 0.382. The van der Waals surface area contributed by atoms with E-state index in [9.17, 15) is 9.59 Å². The summed E-state index contributed by atoms with van der Waals surface area (Å²) in [4.78, 5) is 27.4. The third-order valence-electron chi connectivity index (χ3n) is 2.29. The third kappa shape index (κ3) is 2.72. The van der Waals surface area contributed by atoms with Crippen molar-refractivity contribution in [2.75, 3.05) is 0 Å². The van der Waals surface area contributed by atoms with Crippen molar-refractivity contribution < 1.29 is 14.7 Å². The van der Waals surface area contributed by atoms with Crippen LogP contribution in [0.2, 0.25) is 0 Å². The highest BCUT2D eigenvalue weighted by Crippen LogP contribution is 2.19. The zero-order valence-corrected chi connectivity index (χ0v) is 10.1. The predicted molar refractivity (Wildman–Crippen MR) is 66.4 cm³/mol. The van der Waals surface area contributed by atoms with E-state index < -0.39 is 17.9 Å². The van der Waals surface area contributed by atoms with Crippen molar-refractivity contribution in [2.45, 2.75) is 6.04 Å². The molecule has 0 aromatic carbocycles. The molecule has 18 heavy (non-hydrogen) atoms. The maximum atomic E-state index is 11.9. The smallest absolute Gasteiger partial charge is 0.331 e. The molecular weight excluding hydrogens is 252 g/mol. The highest BCUT2D eigenvalue weighted by molar-refractivity contribution is 7.10. The van der Waals surface area contributed by atoms with E-state index >= 15 is 0 Å². The number of amides is 1. The number of nitrogens with zero attached hydrogens (tertiary/aromatic N) is 1. The molecule has 0 aliphatic heterocycles. The van der Waals surface area contributed by atoms with Gasteiger partial charge in [-0.1, -0.05) is 6.07 Å². The number of nitrogens with one attached hydrogen (secondary N) is 1. The molecule has 92 valence electrons. The fourth-order valence-electron chi connectivity index (χ4n) is 1.43. The molecular formula is C12H10N2O3S. The molecule has 1 amide bonds. The Balaban J connectivity index is 2.16. The molecule has 2 N–H and O–H groups in total. The van der Waals surface area contributed by atoms with Crippen LogP contribution in [0.1, 0.15) is 21.3 Å². The second-order valence-electron chi connectivity index (χ2n) is 3.50. The zero-order chi connectivity index (χ0) is 13.0. The van der Waals surface area contributed by atoms with E-state index in [1.165, 1.54) is 35.9 Å². The monoisotopic (exact) mass is 262 g/mol. The van der Waals surface area contributed by atoms with Gasteiger partial charge in [0.25, 0.3) is 5.91 Å². The summed E-state index contributed by atoms with van der Waals surface area (Å²) in [5, 5.41) is 13.4. The molecule has 1 atom stereocenters. The lowest BCUT2D eigenvalue weighted by molar-refractivity contribution is -0.139. The summed E-state index contributed by atoms with van der Waals surface area (Å²) >= 11 is 1.29. The molecule has 0 bridgehead atoms. The Morgan fingerprint density at radius 3 is 2.56 bits per heavy atom. The van der Waals surface area contributed by atoms with Gasteiger partial charge < -0.3 is 10.4 Å². The average molecular weight is 262 g/mol. The van der Waals surface area contributed by atoms with Crippen LogP contribution in [-0.2, 0) is 4.79 Å². The second-order valence-corrected chi connectivity index (χ2v) is 4.48. The molecule has 0 radical (unpaired) electrons. The fraction of sp³-hybridized carbons (Fsp3) is 0.0833. The Morgan fingerprint density at radius 2 is 2.00 bits per heavy atom. The van der Waals surface area contributed by atoms with Crippen molar-refractivity contribution >= 4 is 23.2 Å². The third-order valence-corrected chi connectivity index (χ3v) is 3.23. The van der Waals surface area contributed by atoms with E-state index in [0.29, 0.717) is 10.4 Å². The van der Waals surface area contributed by atoms with Gasteiger partial charge in [0.15, 0.2) is 6.04 Å². The van der Waals surface area contributed by atoms with Gasteiger partial charge in [-0.3, -0.25) is 9.78 Å². The highest BCUT2D eigenvalue weighted by atomic mass is 32.1. The molecule has 0 saturated carbocycles. The second kappa shape index (κ2) is 5.42. The van der Waals surface area contributed by atoms with E-state index in [1.54, 1.807) is 17.5 Å². The fourth-order valence-corrected chi connectivity index (χ4v) is 2.20. The Bertz CT molecular complexity index is 540.